The number of anilines is 2. The Morgan fingerprint density at radius 3 is 2.35 bits per heavy atom. The maximum Gasteiger partial charge on any atom is 0.225 e. The molecule has 1 aromatic rings. The number of likely N-dealkylation sites (tertiary alicyclic amines) is 1. The molecule has 0 atom stereocenters. The van der Waals surface area contributed by atoms with Crippen molar-refractivity contribution in [2.45, 2.75) is 25.7 Å². The highest BCUT2D eigenvalue weighted by atomic mass is 16.2. The maximum absolute atomic E-state index is 12.7. The standard InChI is InChI=1S/C19H30N6O/c1-22-10-12-24(13-11-22)18-17(14-20-15-21-18)23-8-4-16(5-9-23)19(26)25-6-2-3-7-25/h14-16H,2-13H2,1H3. The van der Waals surface area contributed by atoms with Crippen LogP contribution in [0.4, 0.5) is 11.5 Å². The number of nitrogens with zero attached hydrogens (tertiary/aromatic N) is 6. The molecule has 7 nitrogen and oxygen atoms in total. The van der Waals surface area contributed by atoms with Crippen LogP contribution in [-0.4, -0.2) is 85.1 Å². The largest absolute Gasteiger partial charge is 0.367 e. The second kappa shape index (κ2) is 7.78. The van der Waals surface area contributed by atoms with Crippen LogP contribution in [0.3, 0.4) is 0 Å². The van der Waals surface area contributed by atoms with Gasteiger partial charge >= 0.3 is 0 Å². The van der Waals surface area contributed by atoms with E-state index >= 15 is 0 Å². The average Bonchev–Trinajstić information content (AvgIpc) is 3.23. The first kappa shape index (κ1) is 17.5. The monoisotopic (exact) mass is 358 g/mol. The van der Waals surface area contributed by atoms with Crippen LogP contribution < -0.4 is 9.80 Å². The number of aromatic nitrogens is 2. The third-order valence-corrected chi connectivity index (χ3v) is 6.08. The van der Waals surface area contributed by atoms with E-state index in [2.05, 4.69) is 36.6 Å². The molecule has 1 amide bonds. The molecule has 26 heavy (non-hydrogen) atoms. The van der Waals surface area contributed by atoms with Crippen molar-refractivity contribution in [1.29, 1.82) is 0 Å². The summed E-state index contributed by atoms with van der Waals surface area (Å²) in [6, 6.07) is 0. The summed E-state index contributed by atoms with van der Waals surface area (Å²) in [7, 11) is 2.17. The van der Waals surface area contributed by atoms with Crippen LogP contribution in [0.25, 0.3) is 0 Å². The molecule has 4 heterocycles. The van der Waals surface area contributed by atoms with Gasteiger partial charge in [0.2, 0.25) is 5.91 Å². The van der Waals surface area contributed by atoms with E-state index in [-0.39, 0.29) is 5.92 Å². The second-order valence-electron chi connectivity index (χ2n) is 7.82. The topological polar surface area (TPSA) is 55.8 Å². The maximum atomic E-state index is 12.7. The molecule has 0 aliphatic carbocycles. The first-order chi connectivity index (χ1) is 12.7. The molecule has 4 rings (SSSR count). The number of carbonyl (C=O) groups is 1. The molecule has 0 bridgehead atoms. The lowest BCUT2D eigenvalue weighted by atomic mass is 9.95. The summed E-state index contributed by atoms with van der Waals surface area (Å²) in [5.41, 5.74) is 1.13. The van der Waals surface area contributed by atoms with Crippen LogP contribution in [-0.2, 0) is 4.79 Å². The fraction of sp³-hybridized carbons (Fsp3) is 0.737. The van der Waals surface area contributed by atoms with E-state index in [1.54, 1.807) is 6.33 Å². The summed E-state index contributed by atoms with van der Waals surface area (Å²) in [6.07, 6.45) is 7.81. The van der Waals surface area contributed by atoms with Gasteiger partial charge in [0.05, 0.1) is 11.9 Å². The van der Waals surface area contributed by atoms with E-state index in [1.165, 1.54) is 12.8 Å². The molecule has 0 unspecified atom stereocenters. The fourth-order valence-electron chi connectivity index (χ4n) is 4.36. The van der Waals surface area contributed by atoms with E-state index < -0.39 is 0 Å². The summed E-state index contributed by atoms with van der Waals surface area (Å²) in [6.45, 7) is 7.88. The Hall–Kier alpha value is -1.89. The predicted molar refractivity (Wildman–Crippen MR) is 102 cm³/mol. The molecule has 0 aromatic carbocycles. The Bertz CT molecular complexity index is 616. The van der Waals surface area contributed by atoms with Crippen LogP contribution in [0, 0.1) is 5.92 Å². The number of hydrogen-bond acceptors (Lipinski definition) is 6. The highest BCUT2D eigenvalue weighted by Gasteiger charge is 2.31. The third kappa shape index (κ3) is 3.63. The summed E-state index contributed by atoms with van der Waals surface area (Å²) in [5, 5.41) is 0. The van der Waals surface area contributed by atoms with Gasteiger partial charge in [0.15, 0.2) is 5.82 Å². The minimum Gasteiger partial charge on any atom is -0.367 e. The number of hydrogen-bond donors (Lipinski definition) is 0. The normalized spacial score (nSPS) is 22.9. The van der Waals surface area contributed by atoms with Gasteiger partial charge in [0, 0.05) is 58.3 Å². The van der Waals surface area contributed by atoms with Crippen LogP contribution in [0.15, 0.2) is 12.5 Å². The van der Waals surface area contributed by atoms with Gasteiger partial charge in [-0.3, -0.25) is 4.79 Å². The van der Waals surface area contributed by atoms with Gasteiger partial charge in [-0.05, 0) is 32.7 Å². The lowest BCUT2D eigenvalue weighted by molar-refractivity contribution is -0.135. The van der Waals surface area contributed by atoms with Gasteiger partial charge in [0.1, 0.15) is 6.33 Å². The quantitative estimate of drug-likeness (QED) is 0.806. The molecule has 3 saturated heterocycles. The van der Waals surface area contributed by atoms with E-state index in [9.17, 15) is 4.79 Å². The number of piperazine rings is 1. The summed E-state index contributed by atoms with van der Waals surface area (Å²) in [4.78, 5) is 30.7. The van der Waals surface area contributed by atoms with Crippen molar-refractivity contribution in [2.75, 3.05) is 69.2 Å². The van der Waals surface area contributed by atoms with Crippen molar-refractivity contribution >= 4 is 17.4 Å². The Kier molecular flexibility index (Phi) is 5.24. The Labute approximate surface area is 156 Å². The van der Waals surface area contributed by atoms with E-state index in [1.807, 2.05) is 6.20 Å². The van der Waals surface area contributed by atoms with Gasteiger partial charge in [0.25, 0.3) is 0 Å². The lowest BCUT2D eigenvalue weighted by Gasteiger charge is -2.38. The van der Waals surface area contributed by atoms with Gasteiger partial charge in [-0.2, -0.15) is 0 Å². The van der Waals surface area contributed by atoms with Gasteiger partial charge in [-0.1, -0.05) is 0 Å². The highest BCUT2D eigenvalue weighted by Crippen LogP contribution is 2.31. The first-order valence-corrected chi connectivity index (χ1v) is 9.99. The fourth-order valence-corrected chi connectivity index (χ4v) is 4.36. The van der Waals surface area contributed by atoms with Crippen molar-refractivity contribution in [3.63, 3.8) is 0 Å². The van der Waals surface area contributed by atoms with Crippen LogP contribution in [0.5, 0.6) is 0 Å². The smallest absolute Gasteiger partial charge is 0.225 e. The van der Waals surface area contributed by atoms with E-state index in [0.29, 0.717) is 5.91 Å². The second-order valence-corrected chi connectivity index (χ2v) is 7.82. The number of carbonyl (C=O) groups excluding carboxylic acids is 1. The molecule has 3 aliphatic heterocycles. The Balaban J connectivity index is 1.40. The van der Waals surface area contributed by atoms with E-state index in [4.69, 9.17) is 0 Å². The average molecular weight is 358 g/mol. The minimum atomic E-state index is 0.195. The molecule has 142 valence electrons. The zero-order chi connectivity index (χ0) is 17.9. The summed E-state index contributed by atoms with van der Waals surface area (Å²) < 4.78 is 0. The Morgan fingerprint density at radius 1 is 0.962 bits per heavy atom. The zero-order valence-electron chi connectivity index (χ0n) is 15.8. The Morgan fingerprint density at radius 2 is 1.65 bits per heavy atom. The van der Waals surface area contributed by atoms with Crippen LogP contribution in [0.1, 0.15) is 25.7 Å². The van der Waals surface area contributed by atoms with Crippen molar-refractivity contribution in [1.82, 2.24) is 19.8 Å². The van der Waals surface area contributed by atoms with Crippen molar-refractivity contribution in [2.24, 2.45) is 5.92 Å². The SMILES string of the molecule is CN1CCN(c2ncncc2N2CCC(C(=O)N3CCCC3)CC2)CC1. The first-order valence-electron chi connectivity index (χ1n) is 9.99. The predicted octanol–water partition coefficient (Wildman–Crippen LogP) is 1.07. The zero-order valence-corrected chi connectivity index (χ0v) is 15.8. The minimum absolute atomic E-state index is 0.195. The number of piperidine rings is 1. The summed E-state index contributed by atoms with van der Waals surface area (Å²) in [5.74, 6) is 1.63. The summed E-state index contributed by atoms with van der Waals surface area (Å²) >= 11 is 0. The lowest BCUT2D eigenvalue weighted by Crippen LogP contribution is -2.46. The van der Waals surface area contributed by atoms with Gasteiger partial charge in [-0.15, -0.1) is 0 Å². The molecular weight excluding hydrogens is 328 g/mol. The number of rotatable bonds is 3. The van der Waals surface area contributed by atoms with Crippen molar-refractivity contribution < 1.29 is 4.79 Å². The van der Waals surface area contributed by atoms with Crippen molar-refractivity contribution in [3.8, 4) is 0 Å². The van der Waals surface area contributed by atoms with Gasteiger partial charge < -0.3 is 19.6 Å². The molecule has 0 N–H and O–H groups in total. The van der Waals surface area contributed by atoms with Gasteiger partial charge in [-0.25, -0.2) is 9.97 Å². The van der Waals surface area contributed by atoms with Crippen LogP contribution >= 0.6 is 0 Å². The molecule has 0 saturated carbocycles. The molecular formula is C19H30N6O. The van der Waals surface area contributed by atoms with Crippen LogP contribution in [0.2, 0.25) is 0 Å². The third-order valence-electron chi connectivity index (χ3n) is 6.08. The van der Waals surface area contributed by atoms with Crippen molar-refractivity contribution in [3.05, 3.63) is 12.5 Å². The molecule has 0 spiro atoms. The molecule has 3 aliphatic rings. The molecule has 1 aromatic heterocycles. The van der Waals surface area contributed by atoms with E-state index in [0.717, 1.165) is 76.7 Å². The number of likely N-dealkylation sites (N-methyl/N-ethyl adjacent to an activating group) is 1. The number of amides is 1. The highest BCUT2D eigenvalue weighted by molar-refractivity contribution is 5.79. The molecule has 7 heteroatoms. The molecule has 3 fully saturated rings. The molecule has 0 radical (unpaired) electrons.